The number of aromatic nitrogens is 2. The molecule has 0 aliphatic rings. The fraction of sp³-hybridized carbons (Fsp3) is 0.333. The maximum atomic E-state index is 3.86. The van der Waals surface area contributed by atoms with Gasteiger partial charge >= 0.3 is 0 Å². The van der Waals surface area contributed by atoms with Gasteiger partial charge in [0.2, 0.25) is 5.13 Å². The second kappa shape index (κ2) is 4.46. The van der Waals surface area contributed by atoms with Crippen molar-refractivity contribution in [1.29, 1.82) is 0 Å². The van der Waals surface area contributed by atoms with Crippen LogP contribution in [0.2, 0.25) is 0 Å². The Hall–Kier alpha value is -0.420. The molecule has 1 aromatic rings. The van der Waals surface area contributed by atoms with E-state index in [9.17, 15) is 0 Å². The first-order valence-electron chi connectivity index (χ1n) is 3.16. The summed E-state index contributed by atoms with van der Waals surface area (Å²) in [5.74, 6) is 0. The summed E-state index contributed by atoms with van der Waals surface area (Å²) in [6.45, 7) is 4.48. The van der Waals surface area contributed by atoms with Gasteiger partial charge in [0.15, 0.2) is 3.92 Å². The van der Waals surface area contributed by atoms with Gasteiger partial charge in [0.05, 0.1) is 0 Å². The predicted molar refractivity (Wildman–Crippen MR) is 50.9 cm³/mol. The summed E-state index contributed by atoms with van der Waals surface area (Å²) in [5.41, 5.74) is 0. The van der Waals surface area contributed by atoms with Crippen molar-refractivity contribution in [3.63, 3.8) is 0 Å². The molecule has 0 amide bonds. The quantitative estimate of drug-likeness (QED) is 0.641. The summed E-state index contributed by atoms with van der Waals surface area (Å²) >= 11 is 4.71. The van der Waals surface area contributed by atoms with E-state index < -0.39 is 0 Å². The number of anilines is 1. The Balaban J connectivity index is 2.32. The molecule has 0 aliphatic heterocycles. The minimum atomic E-state index is 0.804. The molecule has 1 rings (SSSR count). The molecule has 1 heterocycles. The van der Waals surface area contributed by atoms with Crippen molar-refractivity contribution in [2.45, 2.75) is 6.42 Å². The zero-order valence-corrected chi connectivity index (χ0v) is 8.28. The summed E-state index contributed by atoms with van der Waals surface area (Å²) in [6.07, 6.45) is 2.81. The van der Waals surface area contributed by atoms with Gasteiger partial charge in [-0.05, 0) is 22.4 Å². The number of hydrogen-bond acceptors (Lipinski definition) is 4. The monoisotopic (exact) mass is 233 g/mol. The van der Waals surface area contributed by atoms with E-state index in [0.29, 0.717) is 0 Å². The van der Waals surface area contributed by atoms with Gasteiger partial charge in [-0.25, -0.2) is 0 Å². The van der Waals surface area contributed by atoms with Crippen molar-refractivity contribution >= 4 is 32.4 Å². The maximum Gasteiger partial charge on any atom is 0.206 e. The van der Waals surface area contributed by atoms with Crippen molar-refractivity contribution in [1.82, 2.24) is 10.2 Å². The molecule has 0 saturated carbocycles. The lowest BCUT2D eigenvalue weighted by Crippen LogP contribution is -1.98. The van der Waals surface area contributed by atoms with Gasteiger partial charge in [0, 0.05) is 6.54 Å². The summed E-state index contributed by atoms with van der Waals surface area (Å²) in [5, 5.41) is 11.6. The average Bonchev–Trinajstić information content (AvgIpc) is 2.37. The SMILES string of the molecule is C=CCCNc1nnc(Br)s1. The highest BCUT2D eigenvalue weighted by Crippen LogP contribution is 2.19. The molecule has 1 N–H and O–H groups in total. The largest absolute Gasteiger partial charge is 0.360 e. The molecular formula is C6H8BrN3S. The second-order valence-electron chi connectivity index (χ2n) is 1.86. The normalized spacial score (nSPS) is 9.55. The van der Waals surface area contributed by atoms with Crippen LogP contribution in [0.25, 0.3) is 0 Å². The Morgan fingerprint density at radius 2 is 2.45 bits per heavy atom. The van der Waals surface area contributed by atoms with E-state index in [0.717, 1.165) is 22.0 Å². The van der Waals surface area contributed by atoms with Gasteiger partial charge < -0.3 is 5.32 Å². The molecule has 60 valence electrons. The fourth-order valence-corrected chi connectivity index (χ4v) is 1.59. The van der Waals surface area contributed by atoms with Gasteiger partial charge in [0.25, 0.3) is 0 Å². The molecule has 11 heavy (non-hydrogen) atoms. The third-order valence-corrected chi connectivity index (χ3v) is 2.34. The molecule has 0 saturated heterocycles. The maximum absolute atomic E-state index is 3.86. The lowest BCUT2D eigenvalue weighted by molar-refractivity contribution is 1.02. The molecule has 0 fully saturated rings. The lowest BCUT2D eigenvalue weighted by Gasteiger charge is -1.95. The van der Waals surface area contributed by atoms with Crippen LogP contribution < -0.4 is 5.32 Å². The molecule has 0 aliphatic carbocycles. The van der Waals surface area contributed by atoms with Crippen molar-refractivity contribution < 1.29 is 0 Å². The van der Waals surface area contributed by atoms with E-state index in [1.165, 1.54) is 11.3 Å². The standard InChI is InChI=1S/C6H8BrN3S/c1-2-3-4-8-6-10-9-5(7)11-6/h2H,1,3-4H2,(H,8,10). The first-order valence-corrected chi connectivity index (χ1v) is 4.77. The summed E-state index contributed by atoms with van der Waals surface area (Å²) in [7, 11) is 0. The molecular weight excluding hydrogens is 226 g/mol. The van der Waals surface area contributed by atoms with Crippen LogP contribution in [-0.4, -0.2) is 16.7 Å². The number of nitrogens with zero attached hydrogens (tertiary/aromatic N) is 2. The van der Waals surface area contributed by atoms with Crippen LogP contribution in [0.4, 0.5) is 5.13 Å². The number of nitrogens with one attached hydrogen (secondary N) is 1. The van der Waals surface area contributed by atoms with Gasteiger partial charge in [-0.15, -0.1) is 16.8 Å². The number of halogens is 1. The molecule has 1 aromatic heterocycles. The van der Waals surface area contributed by atoms with E-state index in [-0.39, 0.29) is 0 Å². The van der Waals surface area contributed by atoms with E-state index in [4.69, 9.17) is 0 Å². The second-order valence-corrected chi connectivity index (χ2v) is 4.12. The van der Waals surface area contributed by atoms with Crippen molar-refractivity contribution in [3.05, 3.63) is 16.6 Å². The molecule has 0 atom stereocenters. The van der Waals surface area contributed by atoms with E-state index in [1.807, 2.05) is 6.08 Å². The van der Waals surface area contributed by atoms with Crippen LogP contribution >= 0.6 is 27.3 Å². The van der Waals surface area contributed by atoms with E-state index in [2.05, 4.69) is 38.0 Å². The zero-order chi connectivity index (χ0) is 8.10. The number of hydrogen-bond donors (Lipinski definition) is 1. The summed E-state index contributed by atoms with van der Waals surface area (Å²) < 4.78 is 0.804. The van der Waals surface area contributed by atoms with Crippen molar-refractivity contribution in [3.8, 4) is 0 Å². The fourth-order valence-electron chi connectivity index (χ4n) is 0.558. The Morgan fingerprint density at radius 1 is 1.64 bits per heavy atom. The Morgan fingerprint density at radius 3 is 3.00 bits per heavy atom. The van der Waals surface area contributed by atoms with Gasteiger partial charge in [0.1, 0.15) is 0 Å². The summed E-state index contributed by atoms with van der Waals surface area (Å²) in [6, 6.07) is 0. The minimum Gasteiger partial charge on any atom is -0.360 e. The zero-order valence-electron chi connectivity index (χ0n) is 5.88. The highest BCUT2D eigenvalue weighted by atomic mass is 79.9. The number of rotatable bonds is 4. The van der Waals surface area contributed by atoms with Crippen LogP contribution in [0.1, 0.15) is 6.42 Å². The smallest absolute Gasteiger partial charge is 0.206 e. The molecule has 5 heteroatoms. The van der Waals surface area contributed by atoms with Crippen LogP contribution in [0.15, 0.2) is 16.6 Å². The van der Waals surface area contributed by atoms with Crippen molar-refractivity contribution in [2.75, 3.05) is 11.9 Å². The molecule has 0 spiro atoms. The first-order chi connectivity index (χ1) is 5.33. The van der Waals surface area contributed by atoms with E-state index in [1.54, 1.807) is 0 Å². The first kappa shape index (κ1) is 8.67. The van der Waals surface area contributed by atoms with Gasteiger partial charge in [-0.2, -0.15) is 0 Å². The van der Waals surface area contributed by atoms with E-state index >= 15 is 0 Å². The molecule has 0 aromatic carbocycles. The Bertz CT molecular complexity index is 235. The Labute approximate surface area is 77.7 Å². The van der Waals surface area contributed by atoms with Crippen molar-refractivity contribution in [2.24, 2.45) is 0 Å². The predicted octanol–water partition coefficient (Wildman–Crippen LogP) is 2.29. The Kier molecular flexibility index (Phi) is 3.51. The van der Waals surface area contributed by atoms with Crippen LogP contribution in [0.3, 0.4) is 0 Å². The van der Waals surface area contributed by atoms with Gasteiger partial charge in [-0.1, -0.05) is 17.4 Å². The minimum absolute atomic E-state index is 0.804. The third-order valence-electron chi connectivity index (χ3n) is 1.03. The highest BCUT2D eigenvalue weighted by Gasteiger charge is 1.97. The molecule has 0 unspecified atom stereocenters. The topological polar surface area (TPSA) is 37.8 Å². The van der Waals surface area contributed by atoms with Gasteiger partial charge in [-0.3, -0.25) is 0 Å². The van der Waals surface area contributed by atoms with Crippen LogP contribution in [0.5, 0.6) is 0 Å². The molecule has 0 bridgehead atoms. The summed E-state index contributed by atoms with van der Waals surface area (Å²) in [4.78, 5) is 0. The lowest BCUT2D eigenvalue weighted by atomic mass is 10.4. The van der Waals surface area contributed by atoms with Crippen LogP contribution in [0, 0.1) is 0 Å². The molecule has 3 nitrogen and oxygen atoms in total. The highest BCUT2D eigenvalue weighted by molar-refractivity contribution is 9.11. The average molecular weight is 234 g/mol. The third kappa shape index (κ3) is 2.98. The van der Waals surface area contributed by atoms with Crippen LogP contribution in [-0.2, 0) is 0 Å². The molecule has 0 radical (unpaired) electrons.